The zero-order valence-corrected chi connectivity index (χ0v) is 14.6. The molecule has 0 fully saturated rings. The third-order valence-electron chi connectivity index (χ3n) is 3.92. The van der Waals surface area contributed by atoms with Crippen LogP contribution in [0.2, 0.25) is 0 Å². The van der Waals surface area contributed by atoms with Crippen molar-refractivity contribution in [1.29, 1.82) is 0 Å². The summed E-state index contributed by atoms with van der Waals surface area (Å²) in [6.45, 7) is 0.358. The zero-order chi connectivity index (χ0) is 18.2. The fraction of sp³-hybridized carbons (Fsp3) is 0.0870. The summed E-state index contributed by atoms with van der Waals surface area (Å²) in [4.78, 5) is 12.0. The number of carbonyl (C=O) groups excluding carboxylic acids is 1. The smallest absolute Gasteiger partial charge is 0.337 e. The standard InChI is InChI=1S/C23H20O3/c1-25-23(24)20(17-18-9-3-2-4-10-18)13-8-16-26-22-15-7-12-19-11-5-6-14-21(19)22/h2-15,17H,16H2,1H3/b13-8-,20-17-. The van der Waals surface area contributed by atoms with Crippen LogP contribution in [0, 0.1) is 0 Å². The highest BCUT2D eigenvalue weighted by atomic mass is 16.5. The van der Waals surface area contributed by atoms with Gasteiger partial charge < -0.3 is 9.47 Å². The van der Waals surface area contributed by atoms with Gasteiger partial charge in [-0.2, -0.15) is 0 Å². The normalized spacial score (nSPS) is 11.7. The van der Waals surface area contributed by atoms with Crippen LogP contribution in [0.3, 0.4) is 0 Å². The Bertz CT molecular complexity index is 935. The van der Waals surface area contributed by atoms with Crippen LogP contribution in [-0.4, -0.2) is 19.7 Å². The molecule has 0 aliphatic rings. The van der Waals surface area contributed by atoms with Crippen LogP contribution in [0.15, 0.2) is 90.5 Å². The summed E-state index contributed by atoms with van der Waals surface area (Å²) in [5.41, 5.74) is 1.41. The third-order valence-corrected chi connectivity index (χ3v) is 3.92. The highest BCUT2D eigenvalue weighted by Gasteiger charge is 2.06. The number of rotatable bonds is 6. The lowest BCUT2D eigenvalue weighted by Gasteiger charge is -2.07. The molecule has 0 aliphatic heterocycles. The van der Waals surface area contributed by atoms with Crippen LogP contribution in [0.1, 0.15) is 5.56 Å². The van der Waals surface area contributed by atoms with Gasteiger partial charge in [0, 0.05) is 5.39 Å². The molecule has 0 aliphatic carbocycles. The molecule has 0 N–H and O–H groups in total. The fourth-order valence-corrected chi connectivity index (χ4v) is 2.66. The predicted octanol–water partition coefficient (Wildman–Crippen LogP) is 5.03. The Morgan fingerprint density at radius 1 is 0.923 bits per heavy atom. The number of carbonyl (C=O) groups is 1. The van der Waals surface area contributed by atoms with E-state index in [1.165, 1.54) is 7.11 Å². The van der Waals surface area contributed by atoms with E-state index in [-0.39, 0.29) is 5.97 Å². The Labute approximate surface area is 153 Å². The summed E-state index contributed by atoms with van der Waals surface area (Å²) in [6, 6.07) is 23.7. The van der Waals surface area contributed by atoms with Crippen LogP contribution in [-0.2, 0) is 9.53 Å². The monoisotopic (exact) mass is 344 g/mol. The van der Waals surface area contributed by atoms with Crippen molar-refractivity contribution in [3.63, 3.8) is 0 Å². The molecule has 0 saturated heterocycles. The summed E-state index contributed by atoms with van der Waals surface area (Å²) in [5.74, 6) is 0.440. The van der Waals surface area contributed by atoms with Crippen LogP contribution < -0.4 is 4.74 Å². The molecule has 3 nitrogen and oxygen atoms in total. The number of hydrogen-bond acceptors (Lipinski definition) is 3. The second-order valence-electron chi connectivity index (χ2n) is 5.69. The SMILES string of the molecule is COC(=O)C(/C=C\COc1cccc2ccccc12)=C\c1ccccc1. The number of ether oxygens (including phenoxy) is 2. The van der Waals surface area contributed by atoms with E-state index in [4.69, 9.17) is 9.47 Å². The number of esters is 1. The lowest BCUT2D eigenvalue weighted by Crippen LogP contribution is -2.03. The molecule has 0 bridgehead atoms. The van der Waals surface area contributed by atoms with Crippen molar-refractivity contribution in [3.8, 4) is 5.75 Å². The maximum Gasteiger partial charge on any atom is 0.337 e. The average molecular weight is 344 g/mol. The largest absolute Gasteiger partial charge is 0.489 e. The molecule has 3 aromatic carbocycles. The molecule has 3 heteroatoms. The van der Waals surface area contributed by atoms with Crippen molar-refractivity contribution in [2.24, 2.45) is 0 Å². The zero-order valence-electron chi connectivity index (χ0n) is 14.6. The molecule has 0 unspecified atom stereocenters. The Hall–Kier alpha value is -3.33. The first-order valence-electron chi connectivity index (χ1n) is 8.40. The minimum atomic E-state index is -0.379. The Kier molecular flexibility index (Phi) is 5.84. The molecule has 0 spiro atoms. The predicted molar refractivity (Wildman–Crippen MR) is 105 cm³/mol. The minimum absolute atomic E-state index is 0.358. The van der Waals surface area contributed by atoms with Gasteiger partial charge >= 0.3 is 5.97 Å². The molecule has 0 saturated carbocycles. The van der Waals surface area contributed by atoms with Crippen LogP contribution in [0.4, 0.5) is 0 Å². The second kappa shape index (κ2) is 8.67. The number of methoxy groups -OCH3 is 1. The van der Waals surface area contributed by atoms with Crippen molar-refractivity contribution >= 4 is 22.8 Å². The van der Waals surface area contributed by atoms with Crippen molar-refractivity contribution in [2.75, 3.05) is 13.7 Å². The first-order chi connectivity index (χ1) is 12.8. The molecule has 0 aromatic heterocycles. The van der Waals surface area contributed by atoms with Gasteiger partial charge in [-0.05, 0) is 35.2 Å². The van der Waals surface area contributed by atoms with Gasteiger partial charge in [-0.15, -0.1) is 0 Å². The average Bonchev–Trinajstić information content (AvgIpc) is 2.70. The second-order valence-corrected chi connectivity index (χ2v) is 5.69. The molecular formula is C23H20O3. The van der Waals surface area contributed by atoms with E-state index in [1.807, 2.05) is 66.7 Å². The van der Waals surface area contributed by atoms with Crippen LogP contribution in [0.5, 0.6) is 5.75 Å². The van der Waals surface area contributed by atoms with Crippen LogP contribution in [0.25, 0.3) is 16.8 Å². The maximum atomic E-state index is 12.0. The Morgan fingerprint density at radius 3 is 2.46 bits per heavy atom. The summed E-state index contributed by atoms with van der Waals surface area (Å²) in [6.07, 6.45) is 5.33. The molecule has 0 atom stereocenters. The summed E-state index contributed by atoms with van der Waals surface area (Å²) >= 11 is 0. The van der Waals surface area contributed by atoms with E-state index in [0.717, 1.165) is 22.1 Å². The fourth-order valence-electron chi connectivity index (χ4n) is 2.66. The maximum absolute atomic E-state index is 12.0. The highest BCUT2D eigenvalue weighted by Crippen LogP contribution is 2.25. The van der Waals surface area contributed by atoms with Gasteiger partial charge in [-0.3, -0.25) is 0 Å². The lowest BCUT2D eigenvalue weighted by atomic mass is 10.1. The van der Waals surface area contributed by atoms with Crippen molar-refractivity contribution in [1.82, 2.24) is 0 Å². The molecule has 0 radical (unpaired) electrons. The molecule has 26 heavy (non-hydrogen) atoms. The van der Waals surface area contributed by atoms with Crippen molar-refractivity contribution < 1.29 is 14.3 Å². The first kappa shape index (κ1) is 17.5. The first-order valence-corrected chi connectivity index (χ1v) is 8.40. The van der Waals surface area contributed by atoms with E-state index in [0.29, 0.717) is 12.2 Å². The molecule has 3 aromatic rings. The van der Waals surface area contributed by atoms with Gasteiger partial charge in [-0.1, -0.05) is 66.7 Å². The molecule has 3 rings (SSSR count). The van der Waals surface area contributed by atoms with Gasteiger partial charge in [0.15, 0.2) is 0 Å². The van der Waals surface area contributed by atoms with Gasteiger partial charge in [0.2, 0.25) is 0 Å². The molecule has 130 valence electrons. The number of benzene rings is 3. The van der Waals surface area contributed by atoms with Crippen molar-refractivity contribution in [2.45, 2.75) is 0 Å². The highest BCUT2D eigenvalue weighted by molar-refractivity contribution is 5.96. The van der Waals surface area contributed by atoms with E-state index in [1.54, 1.807) is 12.2 Å². The van der Waals surface area contributed by atoms with Gasteiger partial charge in [0.1, 0.15) is 12.4 Å². The van der Waals surface area contributed by atoms with E-state index in [9.17, 15) is 4.79 Å². The molecule has 0 amide bonds. The Balaban J connectivity index is 1.72. The van der Waals surface area contributed by atoms with Gasteiger partial charge in [-0.25, -0.2) is 4.79 Å². The lowest BCUT2D eigenvalue weighted by molar-refractivity contribution is -0.135. The quantitative estimate of drug-likeness (QED) is 0.357. The van der Waals surface area contributed by atoms with Crippen molar-refractivity contribution in [3.05, 3.63) is 96.1 Å². The number of fused-ring (bicyclic) bond motifs is 1. The van der Waals surface area contributed by atoms with E-state index in [2.05, 4.69) is 12.1 Å². The summed E-state index contributed by atoms with van der Waals surface area (Å²) in [7, 11) is 1.38. The van der Waals surface area contributed by atoms with Gasteiger partial charge in [0.05, 0.1) is 12.7 Å². The Morgan fingerprint density at radius 2 is 1.65 bits per heavy atom. The van der Waals surface area contributed by atoms with E-state index < -0.39 is 0 Å². The topological polar surface area (TPSA) is 35.5 Å². The number of hydrogen-bond donors (Lipinski definition) is 0. The summed E-state index contributed by atoms with van der Waals surface area (Å²) in [5, 5.41) is 2.20. The third kappa shape index (κ3) is 4.39. The van der Waals surface area contributed by atoms with Gasteiger partial charge in [0.25, 0.3) is 0 Å². The molecular weight excluding hydrogens is 324 g/mol. The minimum Gasteiger partial charge on any atom is -0.489 e. The van der Waals surface area contributed by atoms with E-state index >= 15 is 0 Å². The van der Waals surface area contributed by atoms with Crippen LogP contribution >= 0.6 is 0 Å². The summed E-state index contributed by atoms with van der Waals surface area (Å²) < 4.78 is 10.7. The molecule has 0 heterocycles.